The molecule has 0 heterocycles. The summed E-state index contributed by atoms with van der Waals surface area (Å²) in [5, 5.41) is 0. The van der Waals surface area contributed by atoms with Crippen LogP contribution in [0.25, 0.3) is 0 Å². The van der Waals surface area contributed by atoms with E-state index >= 15 is 0 Å². The zero-order valence-corrected chi connectivity index (χ0v) is 7.92. The van der Waals surface area contributed by atoms with Gasteiger partial charge in [0.05, 0.1) is 0 Å². The molecule has 0 aromatic heterocycles. The quantitative estimate of drug-likeness (QED) is 0.639. The first-order valence-corrected chi connectivity index (χ1v) is 4.78. The van der Waals surface area contributed by atoms with Crippen LogP contribution in [0.2, 0.25) is 0 Å². The molecule has 13 heavy (non-hydrogen) atoms. The molecule has 0 bridgehead atoms. The van der Waals surface area contributed by atoms with Gasteiger partial charge in [0, 0.05) is 12.8 Å². The van der Waals surface area contributed by atoms with E-state index < -0.39 is 0 Å². The van der Waals surface area contributed by atoms with Crippen molar-refractivity contribution in [1.29, 1.82) is 0 Å². The Morgan fingerprint density at radius 2 is 1.92 bits per heavy atom. The first-order chi connectivity index (χ1) is 6.21. The van der Waals surface area contributed by atoms with Crippen molar-refractivity contribution in [1.82, 2.24) is 0 Å². The Hall–Kier alpha value is -1.11. The molecule has 0 aliphatic heterocycles. The Kier molecular flexibility index (Phi) is 1.95. The van der Waals surface area contributed by atoms with E-state index in [0.29, 0.717) is 5.78 Å². The molecule has 0 N–H and O–H groups in total. The molecule has 0 amide bonds. The van der Waals surface area contributed by atoms with Crippen LogP contribution in [0.5, 0.6) is 0 Å². The summed E-state index contributed by atoms with van der Waals surface area (Å²) in [5.41, 5.74) is 1.42. The molecule has 0 radical (unpaired) electrons. The monoisotopic (exact) mass is 174 g/mol. The third-order valence-corrected chi connectivity index (χ3v) is 3.01. The van der Waals surface area contributed by atoms with Crippen molar-refractivity contribution in [3.05, 3.63) is 35.9 Å². The fourth-order valence-electron chi connectivity index (χ4n) is 2.11. The number of hydrogen-bond acceptors (Lipinski definition) is 1. The molecule has 2 rings (SSSR count). The first-order valence-electron chi connectivity index (χ1n) is 4.78. The molecule has 1 heteroatoms. The van der Waals surface area contributed by atoms with E-state index in [2.05, 4.69) is 19.1 Å². The molecule has 68 valence electrons. The lowest BCUT2D eigenvalue weighted by molar-refractivity contribution is -0.117. The minimum atomic E-state index is 0.109. The maximum absolute atomic E-state index is 11.2. The number of ketones is 1. The molecule has 0 spiro atoms. The van der Waals surface area contributed by atoms with E-state index in [-0.39, 0.29) is 5.41 Å². The van der Waals surface area contributed by atoms with Crippen molar-refractivity contribution in [2.75, 3.05) is 0 Å². The Labute approximate surface area is 78.8 Å². The number of carbonyl (C=O) groups is 1. The van der Waals surface area contributed by atoms with Crippen molar-refractivity contribution in [2.45, 2.75) is 31.6 Å². The van der Waals surface area contributed by atoms with Crippen molar-refractivity contribution >= 4 is 5.78 Å². The lowest BCUT2D eigenvalue weighted by atomic mass is 9.81. The van der Waals surface area contributed by atoms with Crippen LogP contribution < -0.4 is 0 Å². The third-order valence-electron chi connectivity index (χ3n) is 3.01. The topological polar surface area (TPSA) is 17.1 Å². The van der Waals surface area contributed by atoms with Gasteiger partial charge in [0.15, 0.2) is 0 Å². The van der Waals surface area contributed by atoms with Crippen LogP contribution in [0.1, 0.15) is 31.7 Å². The molecule has 1 saturated carbocycles. The van der Waals surface area contributed by atoms with Crippen LogP contribution in [0.4, 0.5) is 0 Å². The van der Waals surface area contributed by atoms with Crippen LogP contribution in [0.15, 0.2) is 30.3 Å². The molecule has 1 nitrogen and oxygen atoms in total. The smallest absolute Gasteiger partial charge is 0.133 e. The molecule has 0 saturated heterocycles. The van der Waals surface area contributed by atoms with Crippen LogP contribution >= 0.6 is 0 Å². The standard InChI is InChI=1S/C12H14O/c1-12(8-7-11(13)9-12)10-5-3-2-4-6-10/h2-6H,7-9H2,1H3. The second-order valence-electron chi connectivity index (χ2n) is 4.14. The second kappa shape index (κ2) is 2.99. The average Bonchev–Trinajstić information content (AvgIpc) is 2.49. The highest BCUT2D eigenvalue weighted by Gasteiger charge is 2.34. The van der Waals surface area contributed by atoms with E-state index in [1.807, 2.05) is 18.2 Å². The van der Waals surface area contributed by atoms with Gasteiger partial charge in [0.25, 0.3) is 0 Å². The summed E-state index contributed by atoms with van der Waals surface area (Å²) < 4.78 is 0. The zero-order valence-electron chi connectivity index (χ0n) is 7.92. The SMILES string of the molecule is CC1(c2ccccc2)CCC(=O)C1. The van der Waals surface area contributed by atoms with Crippen LogP contribution in [0.3, 0.4) is 0 Å². The van der Waals surface area contributed by atoms with E-state index in [0.717, 1.165) is 19.3 Å². The Morgan fingerprint density at radius 3 is 2.46 bits per heavy atom. The fraction of sp³-hybridized carbons (Fsp3) is 0.417. The van der Waals surface area contributed by atoms with Gasteiger partial charge in [-0.1, -0.05) is 37.3 Å². The van der Waals surface area contributed by atoms with Crippen molar-refractivity contribution in [3.63, 3.8) is 0 Å². The van der Waals surface area contributed by atoms with Gasteiger partial charge in [-0.2, -0.15) is 0 Å². The molecule has 1 aliphatic rings. The van der Waals surface area contributed by atoms with Gasteiger partial charge < -0.3 is 0 Å². The van der Waals surface area contributed by atoms with Crippen LogP contribution in [0, 0.1) is 0 Å². The molecule has 1 aromatic carbocycles. The van der Waals surface area contributed by atoms with E-state index in [1.165, 1.54) is 5.56 Å². The largest absolute Gasteiger partial charge is 0.300 e. The highest BCUT2D eigenvalue weighted by Crippen LogP contribution is 2.38. The number of benzene rings is 1. The number of Topliss-reactive ketones (excluding diaryl/α,β-unsaturated/α-hetero) is 1. The predicted octanol–water partition coefficient (Wildman–Crippen LogP) is 2.70. The Balaban J connectivity index is 2.31. The minimum absolute atomic E-state index is 0.109. The van der Waals surface area contributed by atoms with Gasteiger partial charge in [-0.25, -0.2) is 0 Å². The molecule has 1 aliphatic carbocycles. The first kappa shape index (κ1) is 8.49. The Bertz CT molecular complexity index is 315. The lowest BCUT2D eigenvalue weighted by Gasteiger charge is -2.22. The molecule has 1 atom stereocenters. The normalized spacial score (nSPS) is 27.9. The molecule has 1 aromatic rings. The van der Waals surface area contributed by atoms with E-state index in [9.17, 15) is 4.79 Å². The molecular formula is C12H14O. The minimum Gasteiger partial charge on any atom is -0.300 e. The summed E-state index contributed by atoms with van der Waals surface area (Å²) in [7, 11) is 0. The summed E-state index contributed by atoms with van der Waals surface area (Å²) in [4.78, 5) is 11.2. The van der Waals surface area contributed by atoms with Crippen LogP contribution in [-0.4, -0.2) is 5.78 Å². The summed E-state index contributed by atoms with van der Waals surface area (Å²) in [5.74, 6) is 0.409. The van der Waals surface area contributed by atoms with Gasteiger partial charge in [0.2, 0.25) is 0 Å². The van der Waals surface area contributed by atoms with Gasteiger partial charge >= 0.3 is 0 Å². The fourth-order valence-corrected chi connectivity index (χ4v) is 2.11. The van der Waals surface area contributed by atoms with Gasteiger partial charge in [-0.3, -0.25) is 4.79 Å². The zero-order chi connectivity index (χ0) is 9.31. The third kappa shape index (κ3) is 1.51. The average molecular weight is 174 g/mol. The lowest BCUT2D eigenvalue weighted by Crippen LogP contribution is -2.17. The maximum Gasteiger partial charge on any atom is 0.133 e. The summed E-state index contributed by atoms with van der Waals surface area (Å²) in [6.07, 6.45) is 2.48. The predicted molar refractivity (Wildman–Crippen MR) is 52.7 cm³/mol. The second-order valence-corrected chi connectivity index (χ2v) is 4.14. The summed E-state index contributed by atoms with van der Waals surface area (Å²) >= 11 is 0. The maximum atomic E-state index is 11.2. The highest BCUT2D eigenvalue weighted by atomic mass is 16.1. The Morgan fingerprint density at radius 1 is 1.23 bits per heavy atom. The number of carbonyl (C=O) groups excluding carboxylic acids is 1. The van der Waals surface area contributed by atoms with E-state index in [4.69, 9.17) is 0 Å². The number of hydrogen-bond donors (Lipinski definition) is 0. The molecular weight excluding hydrogens is 160 g/mol. The summed E-state index contributed by atoms with van der Waals surface area (Å²) in [6.45, 7) is 2.19. The van der Waals surface area contributed by atoms with Gasteiger partial charge in [-0.05, 0) is 17.4 Å². The molecule has 1 fully saturated rings. The summed E-state index contributed by atoms with van der Waals surface area (Å²) in [6, 6.07) is 10.4. The van der Waals surface area contributed by atoms with Crippen molar-refractivity contribution in [2.24, 2.45) is 0 Å². The van der Waals surface area contributed by atoms with Crippen molar-refractivity contribution in [3.8, 4) is 0 Å². The molecule has 1 unspecified atom stereocenters. The van der Waals surface area contributed by atoms with E-state index in [1.54, 1.807) is 0 Å². The van der Waals surface area contributed by atoms with Gasteiger partial charge in [0.1, 0.15) is 5.78 Å². The van der Waals surface area contributed by atoms with Crippen molar-refractivity contribution < 1.29 is 4.79 Å². The van der Waals surface area contributed by atoms with Gasteiger partial charge in [-0.15, -0.1) is 0 Å². The highest BCUT2D eigenvalue weighted by molar-refractivity contribution is 5.82. The number of rotatable bonds is 1. The van der Waals surface area contributed by atoms with Crippen LogP contribution in [-0.2, 0) is 10.2 Å².